The summed E-state index contributed by atoms with van der Waals surface area (Å²) in [4.78, 5) is 25.9. The summed E-state index contributed by atoms with van der Waals surface area (Å²) in [6.45, 7) is 1.58. The first-order chi connectivity index (χ1) is 9.42. The summed E-state index contributed by atoms with van der Waals surface area (Å²) in [6.07, 6.45) is 0.172. The fourth-order valence-corrected chi connectivity index (χ4v) is 3.03. The zero-order chi connectivity index (χ0) is 14.5. The Morgan fingerprint density at radius 2 is 1.75 bits per heavy atom. The van der Waals surface area contributed by atoms with Crippen LogP contribution in [0.5, 0.6) is 0 Å². The molecule has 3 rings (SSSR count). The van der Waals surface area contributed by atoms with Gasteiger partial charge in [-0.25, -0.2) is 0 Å². The summed E-state index contributed by atoms with van der Waals surface area (Å²) in [5, 5.41) is 19.9. The molecular weight excluding hydrogens is 258 g/mol. The maximum Gasteiger partial charge on any atom is 0.261 e. The maximum absolute atomic E-state index is 12.3. The van der Waals surface area contributed by atoms with Crippen LogP contribution in [0.15, 0.2) is 24.3 Å². The van der Waals surface area contributed by atoms with Gasteiger partial charge < -0.3 is 10.2 Å². The minimum atomic E-state index is -1.14. The number of nitrogens with zero attached hydrogens (tertiary/aromatic N) is 1. The minimum Gasteiger partial charge on any atom is -0.390 e. The quantitative estimate of drug-likeness (QED) is 0.748. The average molecular weight is 275 g/mol. The van der Waals surface area contributed by atoms with Crippen LogP contribution in [0.25, 0.3) is 0 Å². The molecule has 0 radical (unpaired) electrons. The summed E-state index contributed by atoms with van der Waals surface area (Å²) < 4.78 is 0. The number of carbonyl (C=O) groups excluding carboxylic acids is 2. The SMILES string of the molecule is C[C@]1(O)CC[C@@H](N2C(=O)c3ccccc3C2=O)CC1O. The molecule has 2 N–H and O–H groups in total. The predicted molar refractivity (Wildman–Crippen MR) is 71.2 cm³/mol. The highest BCUT2D eigenvalue weighted by molar-refractivity contribution is 6.21. The molecule has 1 aliphatic heterocycles. The van der Waals surface area contributed by atoms with E-state index in [-0.39, 0.29) is 24.3 Å². The van der Waals surface area contributed by atoms with Crippen molar-refractivity contribution in [2.75, 3.05) is 0 Å². The van der Waals surface area contributed by atoms with Crippen LogP contribution in [0, 0.1) is 0 Å². The van der Waals surface area contributed by atoms with Crippen molar-refractivity contribution >= 4 is 11.8 Å². The van der Waals surface area contributed by atoms with Gasteiger partial charge in [-0.15, -0.1) is 0 Å². The standard InChI is InChI=1S/C15H17NO4/c1-15(20)7-6-9(8-12(15)17)16-13(18)10-4-2-3-5-11(10)14(16)19/h2-5,9,12,17,20H,6-8H2,1H3/t9-,12?,15+/m1/s1. The Bertz CT molecular complexity index is 546. The summed E-state index contributed by atoms with van der Waals surface area (Å²) >= 11 is 0. The molecule has 0 saturated heterocycles. The molecule has 1 unspecified atom stereocenters. The van der Waals surface area contributed by atoms with Gasteiger partial charge in [-0.05, 0) is 38.3 Å². The summed E-state index contributed by atoms with van der Waals surface area (Å²) in [6, 6.07) is 6.40. The van der Waals surface area contributed by atoms with E-state index in [0.29, 0.717) is 24.0 Å². The number of benzene rings is 1. The van der Waals surface area contributed by atoms with Gasteiger partial charge in [0, 0.05) is 6.04 Å². The third-order valence-corrected chi connectivity index (χ3v) is 4.39. The lowest BCUT2D eigenvalue weighted by Gasteiger charge is -2.40. The molecule has 5 nitrogen and oxygen atoms in total. The summed E-state index contributed by atoms with van der Waals surface area (Å²) in [5.74, 6) is -0.603. The van der Waals surface area contributed by atoms with Gasteiger partial charge in [0.05, 0.1) is 22.8 Å². The van der Waals surface area contributed by atoms with Crippen molar-refractivity contribution < 1.29 is 19.8 Å². The van der Waals surface area contributed by atoms with Crippen molar-refractivity contribution in [3.8, 4) is 0 Å². The van der Waals surface area contributed by atoms with E-state index < -0.39 is 11.7 Å². The van der Waals surface area contributed by atoms with Crippen LogP contribution in [0.4, 0.5) is 0 Å². The van der Waals surface area contributed by atoms with Crippen LogP contribution >= 0.6 is 0 Å². The van der Waals surface area contributed by atoms with Crippen molar-refractivity contribution in [3.05, 3.63) is 35.4 Å². The van der Waals surface area contributed by atoms with Crippen molar-refractivity contribution in [1.82, 2.24) is 4.90 Å². The van der Waals surface area contributed by atoms with Gasteiger partial charge in [-0.3, -0.25) is 14.5 Å². The third-order valence-electron chi connectivity index (χ3n) is 4.39. The Morgan fingerprint density at radius 1 is 1.20 bits per heavy atom. The third kappa shape index (κ3) is 1.85. The molecule has 0 spiro atoms. The second-order valence-corrected chi connectivity index (χ2v) is 5.83. The molecule has 5 heteroatoms. The highest BCUT2D eigenvalue weighted by Crippen LogP contribution is 2.34. The molecular formula is C15H17NO4. The van der Waals surface area contributed by atoms with E-state index in [1.807, 2.05) is 0 Å². The van der Waals surface area contributed by atoms with Gasteiger partial charge in [0.25, 0.3) is 11.8 Å². The van der Waals surface area contributed by atoms with E-state index in [1.54, 1.807) is 31.2 Å². The minimum absolute atomic E-state index is 0.221. The van der Waals surface area contributed by atoms with Crippen LogP contribution in [-0.2, 0) is 0 Å². The second kappa shape index (κ2) is 4.40. The molecule has 1 fully saturated rings. The number of hydrogen-bond acceptors (Lipinski definition) is 4. The number of amides is 2. The fourth-order valence-electron chi connectivity index (χ4n) is 3.03. The maximum atomic E-state index is 12.3. The summed E-state index contributed by atoms with van der Waals surface area (Å²) in [5.41, 5.74) is -0.302. The number of aliphatic hydroxyl groups is 2. The van der Waals surface area contributed by atoms with E-state index in [0.717, 1.165) is 0 Å². The first kappa shape index (κ1) is 13.3. The van der Waals surface area contributed by atoms with Gasteiger partial charge in [0.1, 0.15) is 0 Å². The van der Waals surface area contributed by atoms with Crippen LogP contribution < -0.4 is 0 Å². The number of aliphatic hydroxyl groups excluding tert-OH is 1. The molecule has 3 atom stereocenters. The van der Waals surface area contributed by atoms with E-state index in [4.69, 9.17) is 0 Å². The fraction of sp³-hybridized carbons (Fsp3) is 0.467. The molecule has 2 aliphatic rings. The molecule has 0 bridgehead atoms. The average Bonchev–Trinajstić information content (AvgIpc) is 2.67. The Hall–Kier alpha value is -1.72. The number of rotatable bonds is 1. The molecule has 2 amide bonds. The number of hydrogen-bond donors (Lipinski definition) is 2. The lowest BCUT2D eigenvalue weighted by Crippen LogP contribution is -2.52. The molecule has 1 heterocycles. The van der Waals surface area contributed by atoms with Gasteiger partial charge in [0.2, 0.25) is 0 Å². The highest BCUT2D eigenvalue weighted by atomic mass is 16.3. The van der Waals surface area contributed by atoms with Crippen molar-refractivity contribution in [2.45, 2.75) is 43.9 Å². The molecule has 0 aromatic heterocycles. The Kier molecular flexibility index (Phi) is 2.92. The highest BCUT2D eigenvalue weighted by Gasteiger charge is 2.45. The van der Waals surface area contributed by atoms with Gasteiger partial charge in [-0.2, -0.15) is 0 Å². The first-order valence-corrected chi connectivity index (χ1v) is 6.79. The lowest BCUT2D eigenvalue weighted by molar-refractivity contribution is -0.0992. The lowest BCUT2D eigenvalue weighted by atomic mass is 9.80. The van der Waals surface area contributed by atoms with Gasteiger partial charge in [0.15, 0.2) is 0 Å². The molecule has 1 aromatic rings. The van der Waals surface area contributed by atoms with E-state index >= 15 is 0 Å². The van der Waals surface area contributed by atoms with Crippen LogP contribution in [0.2, 0.25) is 0 Å². The van der Waals surface area contributed by atoms with E-state index in [9.17, 15) is 19.8 Å². The topological polar surface area (TPSA) is 77.8 Å². The molecule has 1 saturated carbocycles. The van der Waals surface area contributed by atoms with Crippen LogP contribution in [-0.4, -0.2) is 44.7 Å². The molecule has 1 aliphatic carbocycles. The number of imide groups is 1. The number of fused-ring (bicyclic) bond motifs is 1. The van der Waals surface area contributed by atoms with Crippen molar-refractivity contribution in [3.63, 3.8) is 0 Å². The van der Waals surface area contributed by atoms with Gasteiger partial charge in [-0.1, -0.05) is 12.1 Å². The normalized spacial score (nSPS) is 33.5. The largest absolute Gasteiger partial charge is 0.390 e. The molecule has 1 aromatic carbocycles. The second-order valence-electron chi connectivity index (χ2n) is 5.83. The molecule has 20 heavy (non-hydrogen) atoms. The Balaban J connectivity index is 1.87. The van der Waals surface area contributed by atoms with Crippen molar-refractivity contribution in [2.24, 2.45) is 0 Å². The number of carbonyl (C=O) groups is 2. The van der Waals surface area contributed by atoms with Crippen LogP contribution in [0.1, 0.15) is 46.9 Å². The van der Waals surface area contributed by atoms with E-state index in [1.165, 1.54) is 4.90 Å². The predicted octanol–water partition coefficient (Wildman–Crippen LogP) is 0.947. The van der Waals surface area contributed by atoms with Crippen LogP contribution in [0.3, 0.4) is 0 Å². The monoisotopic (exact) mass is 275 g/mol. The smallest absolute Gasteiger partial charge is 0.261 e. The van der Waals surface area contributed by atoms with E-state index in [2.05, 4.69) is 0 Å². The zero-order valence-corrected chi connectivity index (χ0v) is 11.2. The van der Waals surface area contributed by atoms with Gasteiger partial charge >= 0.3 is 0 Å². The Morgan fingerprint density at radius 3 is 2.25 bits per heavy atom. The zero-order valence-electron chi connectivity index (χ0n) is 11.2. The molecule has 106 valence electrons. The van der Waals surface area contributed by atoms with Crippen molar-refractivity contribution in [1.29, 1.82) is 0 Å². The Labute approximate surface area is 116 Å². The summed E-state index contributed by atoms with van der Waals surface area (Å²) in [7, 11) is 0. The first-order valence-electron chi connectivity index (χ1n) is 6.79.